The van der Waals surface area contributed by atoms with Crippen LogP contribution in [0.4, 0.5) is 4.39 Å². The molecule has 0 spiro atoms. The van der Waals surface area contributed by atoms with Crippen molar-refractivity contribution in [2.24, 2.45) is 0 Å². The Labute approximate surface area is 105 Å². The van der Waals surface area contributed by atoms with E-state index in [0.717, 1.165) is 12.1 Å². The van der Waals surface area contributed by atoms with Gasteiger partial charge in [-0.3, -0.25) is 4.90 Å². The lowest BCUT2D eigenvalue weighted by atomic mass is 10.1. The summed E-state index contributed by atoms with van der Waals surface area (Å²) in [6.07, 6.45) is -0.178. The quantitative estimate of drug-likeness (QED) is 0.865. The van der Waals surface area contributed by atoms with Crippen molar-refractivity contribution in [3.63, 3.8) is 0 Å². The van der Waals surface area contributed by atoms with Crippen LogP contribution in [0.25, 0.3) is 0 Å². The van der Waals surface area contributed by atoms with Crippen molar-refractivity contribution >= 4 is 0 Å². The third kappa shape index (κ3) is 3.26. The number of rotatable bonds is 3. The number of morpholine rings is 1. The molecule has 2 rings (SSSR count). The Morgan fingerprint density at radius 3 is 3.06 bits per heavy atom. The van der Waals surface area contributed by atoms with Gasteiger partial charge in [-0.2, -0.15) is 5.26 Å². The van der Waals surface area contributed by atoms with Crippen molar-refractivity contribution in [1.82, 2.24) is 4.90 Å². The van der Waals surface area contributed by atoms with Crippen LogP contribution in [0.1, 0.15) is 11.1 Å². The number of hydrogen-bond donors (Lipinski definition) is 1. The number of nitriles is 1. The molecule has 1 saturated heterocycles. The van der Waals surface area contributed by atoms with Gasteiger partial charge in [0.2, 0.25) is 0 Å². The summed E-state index contributed by atoms with van der Waals surface area (Å²) in [4.78, 5) is 2.08. The van der Waals surface area contributed by atoms with E-state index in [9.17, 15) is 4.39 Å². The zero-order valence-corrected chi connectivity index (χ0v) is 9.97. The Hall–Kier alpha value is -1.48. The van der Waals surface area contributed by atoms with Crippen LogP contribution < -0.4 is 0 Å². The molecule has 1 aromatic rings. The van der Waals surface area contributed by atoms with E-state index in [0.29, 0.717) is 25.3 Å². The van der Waals surface area contributed by atoms with E-state index in [1.807, 2.05) is 6.07 Å². The molecule has 0 radical (unpaired) electrons. The van der Waals surface area contributed by atoms with Gasteiger partial charge in [0, 0.05) is 19.6 Å². The van der Waals surface area contributed by atoms with Crippen LogP contribution in [0.15, 0.2) is 18.2 Å². The highest BCUT2D eigenvalue weighted by molar-refractivity contribution is 5.33. The van der Waals surface area contributed by atoms with Gasteiger partial charge < -0.3 is 9.84 Å². The first-order valence-corrected chi connectivity index (χ1v) is 5.85. The maximum absolute atomic E-state index is 13.3. The minimum atomic E-state index is -0.393. The predicted octanol–water partition coefficient (Wildman–Crippen LogP) is 0.890. The van der Waals surface area contributed by atoms with Crippen LogP contribution in [0, 0.1) is 17.1 Å². The van der Waals surface area contributed by atoms with Crippen molar-refractivity contribution < 1.29 is 14.2 Å². The molecule has 0 bridgehead atoms. The molecule has 1 aliphatic rings. The molecule has 96 valence electrons. The second-order valence-corrected chi connectivity index (χ2v) is 4.37. The molecule has 1 heterocycles. The van der Waals surface area contributed by atoms with Gasteiger partial charge in [-0.1, -0.05) is 0 Å². The summed E-state index contributed by atoms with van der Waals surface area (Å²) >= 11 is 0. The summed E-state index contributed by atoms with van der Waals surface area (Å²) in [5.74, 6) is -0.393. The van der Waals surface area contributed by atoms with E-state index in [1.54, 1.807) is 6.07 Å². The largest absolute Gasteiger partial charge is 0.394 e. The van der Waals surface area contributed by atoms with Crippen LogP contribution in [0.3, 0.4) is 0 Å². The Kier molecular flexibility index (Phi) is 4.26. The fourth-order valence-electron chi connectivity index (χ4n) is 2.10. The molecular formula is C13H15FN2O2. The molecule has 0 aromatic heterocycles. The summed E-state index contributed by atoms with van der Waals surface area (Å²) in [7, 11) is 0. The van der Waals surface area contributed by atoms with Gasteiger partial charge in [0.05, 0.1) is 31.0 Å². The zero-order valence-electron chi connectivity index (χ0n) is 9.97. The van der Waals surface area contributed by atoms with Gasteiger partial charge in [-0.25, -0.2) is 4.39 Å². The second-order valence-electron chi connectivity index (χ2n) is 4.37. The number of nitrogens with zero attached hydrogens (tertiary/aromatic N) is 2. The fourth-order valence-corrected chi connectivity index (χ4v) is 2.10. The third-order valence-corrected chi connectivity index (χ3v) is 2.92. The number of halogens is 1. The molecule has 4 nitrogen and oxygen atoms in total. The lowest BCUT2D eigenvalue weighted by Gasteiger charge is -2.32. The fraction of sp³-hybridized carbons (Fsp3) is 0.462. The first kappa shape index (κ1) is 13.0. The van der Waals surface area contributed by atoms with Crippen LogP contribution in [0.2, 0.25) is 0 Å². The minimum absolute atomic E-state index is 0.0108. The first-order valence-electron chi connectivity index (χ1n) is 5.85. The summed E-state index contributed by atoms with van der Waals surface area (Å²) < 4.78 is 18.6. The average molecular weight is 250 g/mol. The molecule has 1 unspecified atom stereocenters. The van der Waals surface area contributed by atoms with Crippen LogP contribution in [0.5, 0.6) is 0 Å². The standard InChI is InChI=1S/C13H15FN2O2/c14-12-4-10(6-15)3-11(5-12)7-16-1-2-18-13(8-16)9-17/h3-5,13,17H,1-2,7-9H2. The first-order chi connectivity index (χ1) is 8.71. The zero-order chi connectivity index (χ0) is 13.0. The SMILES string of the molecule is N#Cc1cc(F)cc(CN2CCOC(CO)C2)c1. The molecule has 1 aliphatic heterocycles. The highest BCUT2D eigenvalue weighted by Crippen LogP contribution is 2.13. The van der Waals surface area contributed by atoms with E-state index < -0.39 is 5.82 Å². The number of aliphatic hydroxyl groups is 1. The summed E-state index contributed by atoms with van der Waals surface area (Å²) in [6, 6.07) is 6.29. The van der Waals surface area contributed by atoms with E-state index in [2.05, 4.69) is 4.90 Å². The smallest absolute Gasteiger partial charge is 0.124 e. The maximum Gasteiger partial charge on any atom is 0.124 e. The van der Waals surface area contributed by atoms with E-state index in [-0.39, 0.29) is 12.7 Å². The van der Waals surface area contributed by atoms with E-state index in [4.69, 9.17) is 15.1 Å². The summed E-state index contributed by atoms with van der Waals surface area (Å²) in [6.45, 7) is 2.48. The lowest BCUT2D eigenvalue weighted by Crippen LogP contribution is -2.43. The lowest BCUT2D eigenvalue weighted by molar-refractivity contribution is -0.0551. The Morgan fingerprint density at radius 2 is 2.33 bits per heavy atom. The number of benzene rings is 1. The predicted molar refractivity (Wildman–Crippen MR) is 63.2 cm³/mol. The highest BCUT2D eigenvalue weighted by atomic mass is 19.1. The van der Waals surface area contributed by atoms with Gasteiger partial charge in [0.25, 0.3) is 0 Å². The molecule has 1 fully saturated rings. The Morgan fingerprint density at radius 1 is 1.50 bits per heavy atom. The van der Waals surface area contributed by atoms with Crippen LogP contribution in [-0.4, -0.2) is 42.4 Å². The maximum atomic E-state index is 13.3. The average Bonchev–Trinajstić information content (AvgIpc) is 2.38. The van der Waals surface area contributed by atoms with Crippen molar-refractivity contribution in [1.29, 1.82) is 5.26 Å². The van der Waals surface area contributed by atoms with E-state index >= 15 is 0 Å². The third-order valence-electron chi connectivity index (χ3n) is 2.92. The van der Waals surface area contributed by atoms with Crippen molar-refractivity contribution in [2.45, 2.75) is 12.6 Å². The number of aliphatic hydroxyl groups excluding tert-OH is 1. The highest BCUT2D eigenvalue weighted by Gasteiger charge is 2.19. The van der Waals surface area contributed by atoms with Crippen LogP contribution >= 0.6 is 0 Å². The Balaban J connectivity index is 2.05. The number of hydrogen-bond acceptors (Lipinski definition) is 4. The topological polar surface area (TPSA) is 56.5 Å². The second kappa shape index (κ2) is 5.91. The van der Waals surface area contributed by atoms with Crippen molar-refractivity contribution in [3.8, 4) is 6.07 Å². The van der Waals surface area contributed by atoms with Gasteiger partial charge in [0.15, 0.2) is 0 Å². The van der Waals surface area contributed by atoms with Gasteiger partial charge in [0.1, 0.15) is 5.82 Å². The van der Waals surface area contributed by atoms with Crippen molar-refractivity contribution in [2.75, 3.05) is 26.3 Å². The Bertz CT molecular complexity index is 459. The molecule has 1 N–H and O–H groups in total. The molecule has 0 saturated carbocycles. The molecule has 0 amide bonds. The molecule has 5 heteroatoms. The minimum Gasteiger partial charge on any atom is -0.394 e. The summed E-state index contributed by atoms with van der Waals surface area (Å²) in [5, 5.41) is 17.8. The number of ether oxygens (including phenoxy) is 1. The molecule has 0 aliphatic carbocycles. The molecule has 1 aromatic carbocycles. The van der Waals surface area contributed by atoms with Gasteiger partial charge in [-0.15, -0.1) is 0 Å². The van der Waals surface area contributed by atoms with Gasteiger partial charge in [-0.05, 0) is 23.8 Å². The molecule has 18 heavy (non-hydrogen) atoms. The molecular weight excluding hydrogens is 235 g/mol. The molecule has 1 atom stereocenters. The van der Waals surface area contributed by atoms with Gasteiger partial charge >= 0.3 is 0 Å². The summed E-state index contributed by atoms with van der Waals surface area (Å²) in [5.41, 5.74) is 1.10. The van der Waals surface area contributed by atoms with Crippen LogP contribution in [-0.2, 0) is 11.3 Å². The van der Waals surface area contributed by atoms with E-state index in [1.165, 1.54) is 12.1 Å². The monoisotopic (exact) mass is 250 g/mol. The van der Waals surface area contributed by atoms with Crippen molar-refractivity contribution in [3.05, 3.63) is 35.1 Å². The normalized spacial score (nSPS) is 20.6.